The minimum absolute atomic E-state index is 0.0198. The highest BCUT2D eigenvalue weighted by Crippen LogP contribution is 2.35. The largest absolute Gasteiger partial charge is 0.353 e. The summed E-state index contributed by atoms with van der Waals surface area (Å²) in [7, 11) is 0. The number of fused-ring (bicyclic) bond motifs is 1. The van der Waals surface area contributed by atoms with E-state index in [1.165, 1.54) is 6.07 Å². The molecule has 25 heavy (non-hydrogen) atoms. The number of H-pyrrole nitrogens is 1. The van der Waals surface area contributed by atoms with Crippen molar-refractivity contribution < 1.29 is 9.18 Å². The summed E-state index contributed by atoms with van der Waals surface area (Å²) in [5, 5.41) is 11.2. The van der Waals surface area contributed by atoms with Crippen molar-refractivity contribution in [3.63, 3.8) is 0 Å². The molecule has 0 bridgehead atoms. The van der Waals surface area contributed by atoms with Gasteiger partial charge in [-0.05, 0) is 42.9 Å². The van der Waals surface area contributed by atoms with E-state index in [9.17, 15) is 9.18 Å². The predicted octanol–water partition coefficient (Wildman–Crippen LogP) is 3.70. The number of halogens is 1. The topological polar surface area (TPSA) is 57.8 Å². The Morgan fingerprint density at radius 3 is 2.84 bits per heavy atom. The summed E-state index contributed by atoms with van der Waals surface area (Å²) in [6.45, 7) is 0. The van der Waals surface area contributed by atoms with Crippen molar-refractivity contribution in [3.05, 3.63) is 65.6 Å². The molecule has 1 saturated carbocycles. The predicted molar refractivity (Wildman–Crippen MR) is 94.7 cm³/mol. The maximum atomic E-state index is 13.9. The van der Waals surface area contributed by atoms with E-state index in [1.54, 1.807) is 6.07 Å². The van der Waals surface area contributed by atoms with Crippen LogP contribution >= 0.6 is 0 Å². The van der Waals surface area contributed by atoms with Crippen LogP contribution in [0.1, 0.15) is 36.4 Å². The van der Waals surface area contributed by atoms with Gasteiger partial charge in [0.15, 0.2) is 0 Å². The quantitative estimate of drug-likeness (QED) is 0.763. The van der Waals surface area contributed by atoms with E-state index in [0.717, 1.165) is 41.4 Å². The first kappa shape index (κ1) is 15.8. The molecule has 2 aromatic carbocycles. The standard InChI is InChI=1S/C20H20FN3O/c21-17-7-3-1-5-15(17)13-9-10-14(11-13)22-20(25)12-19-16-6-2-4-8-18(16)23-24-19/h1-8,13-14H,9-12H2,(H,22,25)(H,23,24). The monoisotopic (exact) mass is 337 g/mol. The lowest BCUT2D eigenvalue weighted by Gasteiger charge is -2.14. The van der Waals surface area contributed by atoms with Gasteiger partial charge >= 0.3 is 0 Å². The summed E-state index contributed by atoms with van der Waals surface area (Å²) in [5.74, 6) is 0.0106. The molecule has 1 aliphatic carbocycles. The van der Waals surface area contributed by atoms with Gasteiger partial charge in [0, 0.05) is 11.4 Å². The number of para-hydroxylation sites is 1. The Morgan fingerprint density at radius 2 is 1.96 bits per heavy atom. The number of benzene rings is 2. The van der Waals surface area contributed by atoms with Crippen LogP contribution in [0.2, 0.25) is 0 Å². The third-order valence-electron chi connectivity index (χ3n) is 5.02. The number of aromatic amines is 1. The molecule has 1 aromatic heterocycles. The lowest BCUT2D eigenvalue weighted by Crippen LogP contribution is -2.34. The summed E-state index contributed by atoms with van der Waals surface area (Å²) in [4.78, 5) is 12.4. The van der Waals surface area contributed by atoms with Crippen molar-refractivity contribution in [2.24, 2.45) is 0 Å². The van der Waals surface area contributed by atoms with Crippen LogP contribution in [0, 0.1) is 5.82 Å². The second-order valence-corrected chi connectivity index (χ2v) is 6.69. The van der Waals surface area contributed by atoms with E-state index in [4.69, 9.17) is 0 Å². The average molecular weight is 337 g/mol. The number of amides is 1. The van der Waals surface area contributed by atoms with E-state index in [1.807, 2.05) is 36.4 Å². The fourth-order valence-electron chi connectivity index (χ4n) is 3.79. The molecule has 0 spiro atoms. The molecular weight excluding hydrogens is 317 g/mol. The average Bonchev–Trinajstić information content (AvgIpc) is 3.23. The van der Waals surface area contributed by atoms with Crippen LogP contribution in [0.4, 0.5) is 4.39 Å². The zero-order chi connectivity index (χ0) is 17.2. The highest BCUT2D eigenvalue weighted by atomic mass is 19.1. The molecule has 0 saturated heterocycles. The van der Waals surface area contributed by atoms with Crippen LogP contribution in [0.25, 0.3) is 10.9 Å². The van der Waals surface area contributed by atoms with Gasteiger partial charge in [0.2, 0.25) is 5.91 Å². The SMILES string of the molecule is O=C(Cc1[nH]nc2ccccc12)NC1CCC(c2ccccc2F)C1. The molecule has 0 radical (unpaired) electrons. The molecule has 2 atom stereocenters. The lowest BCUT2D eigenvalue weighted by molar-refractivity contribution is -0.121. The van der Waals surface area contributed by atoms with Gasteiger partial charge in [0.05, 0.1) is 17.6 Å². The number of rotatable bonds is 4. The molecule has 1 aliphatic rings. The molecule has 128 valence electrons. The number of nitrogens with one attached hydrogen (secondary N) is 2. The first-order valence-electron chi connectivity index (χ1n) is 8.66. The molecule has 1 heterocycles. The normalized spacial score (nSPS) is 20.0. The molecule has 1 amide bonds. The second-order valence-electron chi connectivity index (χ2n) is 6.69. The zero-order valence-corrected chi connectivity index (χ0v) is 13.8. The molecule has 1 fully saturated rings. The van der Waals surface area contributed by atoms with E-state index >= 15 is 0 Å². The van der Waals surface area contributed by atoms with E-state index in [0.29, 0.717) is 0 Å². The first-order valence-corrected chi connectivity index (χ1v) is 8.66. The van der Waals surface area contributed by atoms with Crippen LogP contribution in [0.3, 0.4) is 0 Å². The molecule has 0 aliphatic heterocycles. The van der Waals surface area contributed by atoms with Gasteiger partial charge in [-0.25, -0.2) is 4.39 Å². The summed E-state index contributed by atoms with van der Waals surface area (Å²) < 4.78 is 13.9. The number of hydrogen-bond donors (Lipinski definition) is 2. The van der Waals surface area contributed by atoms with Gasteiger partial charge in [-0.2, -0.15) is 5.10 Å². The van der Waals surface area contributed by atoms with Crippen molar-refractivity contribution in [1.82, 2.24) is 15.5 Å². The summed E-state index contributed by atoms with van der Waals surface area (Å²) >= 11 is 0. The number of carbonyl (C=O) groups excluding carboxylic acids is 1. The maximum Gasteiger partial charge on any atom is 0.226 e. The van der Waals surface area contributed by atoms with E-state index < -0.39 is 0 Å². The maximum absolute atomic E-state index is 13.9. The van der Waals surface area contributed by atoms with E-state index in [-0.39, 0.29) is 30.1 Å². The highest BCUT2D eigenvalue weighted by molar-refractivity contribution is 5.87. The van der Waals surface area contributed by atoms with Gasteiger partial charge in [0.25, 0.3) is 0 Å². The minimum Gasteiger partial charge on any atom is -0.353 e. The number of nitrogens with zero attached hydrogens (tertiary/aromatic N) is 1. The third kappa shape index (κ3) is 3.27. The molecule has 3 aromatic rings. The summed E-state index contributed by atoms with van der Waals surface area (Å²) in [6.07, 6.45) is 2.85. The van der Waals surface area contributed by atoms with Crippen LogP contribution < -0.4 is 5.32 Å². The molecular formula is C20H20FN3O. The fourth-order valence-corrected chi connectivity index (χ4v) is 3.79. The van der Waals surface area contributed by atoms with Crippen molar-refractivity contribution >= 4 is 16.8 Å². The molecule has 2 unspecified atom stereocenters. The number of hydrogen-bond acceptors (Lipinski definition) is 2. The van der Waals surface area contributed by atoms with Crippen molar-refractivity contribution in [2.45, 2.75) is 37.6 Å². The molecule has 2 N–H and O–H groups in total. The van der Waals surface area contributed by atoms with Crippen molar-refractivity contribution in [2.75, 3.05) is 0 Å². The number of aromatic nitrogens is 2. The van der Waals surface area contributed by atoms with Crippen LogP contribution in [0.15, 0.2) is 48.5 Å². The Bertz CT molecular complexity index is 905. The Morgan fingerprint density at radius 1 is 1.16 bits per heavy atom. The Hall–Kier alpha value is -2.69. The summed E-state index contributed by atoms with van der Waals surface area (Å²) in [6, 6.07) is 14.8. The van der Waals surface area contributed by atoms with Gasteiger partial charge in [-0.1, -0.05) is 36.4 Å². The van der Waals surface area contributed by atoms with E-state index in [2.05, 4.69) is 15.5 Å². The zero-order valence-electron chi connectivity index (χ0n) is 13.8. The van der Waals surface area contributed by atoms with Crippen LogP contribution in [-0.4, -0.2) is 22.1 Å². The first-order chi connectivity index (χ1) is 12.2. The van der Waals surface area contributed by atoms with Gasteiger partial charge in [-0.3, -0.25) is 9.89 Å². The van der Waals surface area contributed by atoms with Crippen molar-refractivity contribution in [3.8, 4) is 0 Å². The van der Waals surface area contributed by atoms with Gasteiger partial charge in [0.1, 0.15) is 5.82 Å². The smallest absolute Gasteiger partial charge is 0.226 e. The highest BCUT2D eigenvalue weighted by Gasteiger charge is 2.28. The van der Waals surface area contributed by atoms with Crippen LogP contribution in [0.5, 0.6) is 0 Å². The van der Waals surface area contributed by atoms with Gasteiger partial charge in [-0.15, -0.1) is 0 Å². The Balaban J connectivity index is 1.38. The van der Waals surface area contributed by atoms with Crippen LogP contribution in [-0.2, 0) is 11.2 Å². The Kier molecular flexibility index (Phi) is 4.22. The minimum atomic E-state index is -0.150. The molecule has 4 rings (SSSR count). The Labute approximate surface area is 145 Å². The number of carbonyl (C=O) groups is 1. The molecule has 5 heteroatoms. The van der Waals surface area contributed by atoms with Gasteiger partial charge < -0.3 is 5.32 Å². The molecule has 4 nitrogen and oxygen atoms in total. The third-order valence-corrected chi connectivity index (χ3v) is 5.02. The van der Waals surface area contributed by atoms with Crippen molar-refractivity contribution in [1.29, 1.82) is 0 Å². The lowest BCUT2D eigenvalue weighted by atomic mass is 9.97. The second kappa shape index (κ2) is 6.67. The summed E-state index contributed by atoms with van der Waals surface area (Å²) in [5.41, 5.74) is 2.46. The fraction of sp³-hybridized carbons (Fsp3) is 0.300.